The van der Waals surface area contributed by atoms with Gasteiger partial charge in [0.2, 0.25) is 0 Å². The third-order valence-corrected chi connectivity index (χ3v) is 5.41. The van der Waals surface area contributed by atoms with Crippen molar-refractivity contribution in [3.63, 3.8) is 0 Å². The molecule has 2 rings (SSSR count). The van der Waals surface area contributed by atoms with E-state index in [0.29, 0.717) is 29.0 Å². The number of hydrogen-bond donors (Lipinski definition) is 1. The zero-order valence-corrected chi connectivity index (χ0v) is 11.5. The highest BCUT2D eigenvalue weighted by Gasteiger charge is 2.65. The first kappa shape index (κ1) is 12.4. The Morgan fingerprint density at radius 3 is 2.06 bits per heavy atom. The van der Waals surface area contributed by atoms with E-state index in [1.165, 1.54) is 25.7 Å². The van der Waals surface area contributed by atoms with Crippen molar-refractivity contribution in [2.75, 3.05) is 7.11 Å². The lowest BCUT2D eigenvalue weighted by Crippen LogP contribution is -2.45. The Balaban J connectivity index is 1.95. The lowest BCUT2D eigenvalue weighted by atomic mass is 9.92. The maximum atomic E-state index is 5.61. The van der Waals surface area contributed by atoms with Gasteiger partial charge in [0, 0.05) is 19.2 Å². The number of methoxy groups -OCH3 is 1. The van der Waals surface area contributed by atoms with Crippen LogP contribution >= 0.6 is 0 Å². The molecule has 0 bridgehead atoms. The summed E-state index contributed by atoms with van der Waals surface area (Å²) in [6, 6.07) is 1.23. The number of rotatable bonds is 3. The summed E-state index contributed by atoms with van der Waals surface area (Å²) in [4.78, 5) is 0. The second kappa shape index (κ2) is 3.99. The van der Waals surface area contributed by atoms with E-state index in [9.17, 15) is 0 Å². The van der Waals surface area contributed by atoms with Crippen molar-refractivity contribution in [2.45, 2.75) is 71.6 Å². The Labute approximate surface area is 100 Å². The van der Waals surface area contributed by atoms with Gasteiger partial charge in [-0.3, -0.25) is 0 Å². The molecular formula is C14H27NO. The minimum Gasteiger partial charge on any atom is -0.380 e. The first-order valence-electron chi connectivity index (χ1n) is 6.70. The molecular weight excluding hydrogens is 198 g/mol. The Bertz CT molecular complexity index is 245. The molecule has 2 atom stereocenters. The lowest BCUT2D eigenvalue weighted by Gasteiger charge is -2.32. The van der Waals surface area contributed by atoms with Crippen LogP contribution in [-0.2, 0) is 4.74 Å². The molecule has 0 saturated heterocycles. The summed E-state index contributed by atoms with van der Waals surface area (Å²) >= 11 is 0. The van der Waals surface area contributed by atoms with Crippen LogP contribution in [0.2, 0.25) is 0 Å². The molecule has 0 aromatic carbocycles. The fourth-order valence-corrected chi connectivity index (χ4v) is 3.40. The van der Waals surface area contributed by atoms with Crippen molar-refractivity contribution < 1.29 is 4.74 Å². The molecule has 0 aromatic heterocycles. The molecule has 2 fully saturated rings. The number of hydrogen-bond acceptors (Lipinski definition) is 2. The van der Waals surface area contributed by atoms with Crippen LogP contribution in [0, 0.1) is 10.8 Å². The summed E-state index contributed by atoms with van der Waals surface area (Å²) in [5, 5.41) is 3.85. The van der Waals surface area contributed by atoms with Gasteiger partial charge >= 0.3 is 0 Å². The molecule has 2 aliphatic rings. The molecule has 0 aromatic rings. The van der Waals surface area contributed by atoms with E-state index >= 15 is 0 Å². The van der Waals surface area contributed by atoms with Crippen LogP contribution < -0.4 is 5.32 Å². The minimum atomic E-state index is 0.431. The van der Waals surface area contributed by atoms with Crippen LogP contribution in [-0.4, -0.2) is 25.3 Å². The summed E-state index contributed by atoms with van der Waals surface area (Å²) in [5.41, 5.74) is 0.867. The number of nitrogens with one attached hydrogen (secondary N) is 1. The van der Waals surface area contributed by atoms with Crippen molar-refractivity contribution in [1.29, 1.82) is 0 Å². The Kier molecular flexibility index (Phi) is 3.09. The van der Waals surface area contributed by atoms with E-state index in [1.54, 1.807) is 0 Å². The molecule has 16 heavy (non-hydrogen) atoms. The van der Waals surface area contributed by atoms with Crippen molar-refractivity contribution in [3.8, 4) is 0 Å². The standard InChI is InChI=1S/C14H27NO/c1-13(2)12(14(13,3)4)15-10-8-6-7-9-11(10)16-5/h10-12,15H,6-9H2,1-5H3. The first-order chi connectivity index (χ1) is 7.41. The van der Waals surface area contributed by atoms with Crippen molar-refractivity contribution in [1.82, 2.24) is 5.32 Å². The molecule has 2 heteroatoms. The van der Waals surface area contributed by atoms with Crippen LogP contribution in [0.4, 0.5) is 0 Å². The zero-order valence-electron chi connectivity index (χ0n) is 11.5. The zero-order chi connectivity index (χ0) is 12.0. The maximum Gasteiger partial charge on any atom is 0.0724 e. The van der Waals surface area contributed by atoms with Crippen LogP contribution in [0.5, 0.6) is 0 Å². The minimum absolute atomic E-state index is 0.431. The van der Waals surface area contributed by atoms with Crippen LogP contribution in [0.15, 0.2) is 0 Å². The van der Waals surface area contributed by atoms with E-state index in [4.69, 9.17) is 4.74 Å². The van der Waals surface area contributed by atoms with Gasteiger partial charge in [0.25, 0.3) is 0 Å². The van der Waals surface area contributed by atoms with Crippen molar-refractivity contribution in [2.24, 2.45) is 10.8 Å². The average Bonchev–Trinajstić information content (AvgIpc) is 2.62. The molecule has 2 aliphatic carbocycles. The molecule has 2 saturated carbocycles. The van der Waals surface area contributed by atoms with E-state index in [-0.39, 0.29) is 0 Å². The van der Waals surface area contributed by atoms with E-state index in [1.807, 2.05) is 7.11 Å². The molecule has 2 nitrogen and oxygen atoms in total. The molecule has 94 valence electrons. The largest absolute Gasteiger partial charge is 0.380 e. The fraction of sp³-hybridized carbons (Fsp3) is 1.00. The fourth-order valence-electron chi connectivity index (χ4n) is 3.40. The van der Waals surface area contributed by atoms with Crippen LogP contribution in [0.1, 0.15) is 53.4 Å². The average molecular weight is 225 g/mol. The monoisotopic (exact) mass is 225 g/mol. The second-order valence-electron chi connectivity index (χ2n) is 6.71. The highest BCUT2D eigenvalue weighted by atomic mass is 16.5. The smallest absolute Gasteiger partial charge is 0.0724 e. The molecule has 2 unspecified atom stereocenters. The maximum absolute atomic E-state index is 5.61. The van der Waals surface area contributed by atoms with Gasteiger partial charge in [-0.2, -0.15) is 0 Å². The van der Waals surface area contributed by atoms with Gasteiger partial charge in [0.1, 0.15) is 0 Å². The Hall–Kier alpha value is -0.0800. The molecule has 1 N–H and O–H groups in total. The summed E-state index contributed by atoms with van der Waals surface area (Å²) < 4.78 is 5.61. The predicted octanol–water partition coefficient (Wildman–Crippen LogP) is 2.97. The van der Waals surface area contributed by atoms with Crippen molar-refractivity contribution >= 4 is 0 Å². The normalized spacial score (nSPS) is 37.3. The first-order valence-corrected chi connectivity index (χ1v) is 6.70. The second-order valence-corrected chi connectivity index (χ2v) is 6.71. The van der Waals surface area contributed by atoms with Gasteiger partial charge in [0.05, 0.1) is 6.10 Å². The summed E-state index contributed by atoms with van der Waals surface area (Å²) in [6.45, 7) is 9.48. The summed E-state index contributed by atoms with van der Waals surface area (Å²) in [7, 11) is 1.86. The molecule has 0 amide bonds. The summed E-state index contributed by atoms with van der Waals surface area (Å²) in [5.74, 6) is 0. The summed E-state index contributed by atoms with van der Waals surface area (Å²) in [6.07, 6.45) is 5.61. The number of ether oxygens (including phenoxy) is 1. The molecule has 0 heterocycles. The Morgan fingerprint density at radius 2 is 1.56 bits per heavy atom. The predicted molar refractivity (Wildman–Crippen MR) is 67.5 cm³/mol. The third-order valence-electron chi connectivity index (χ3n) is 5.41. The lowest BCUT2D eigenvalue weighted by molar-refractivity contribution is 0.0396. The molecule has 0 aliphatic heterocycles. The van der Waals surface area contributed by atoms with Crippen LogP contribution in [0.25, 0.3) is 0 Å². The highest BCUT2D eigenvalue weighted by molar-refractivity contribution is 5.18. The van der Waals surface area contributed by atoms with Crippen molar-refractivity contribution in [3.05, 3.63) is 0 Å². The van der Waals surface area contributed by atoms with Gasteiger partial charge in [-0.25, -0.2) is 0 Å². The highest BCUT2D eigenvalue weighted by Crippen LogP contribution is 2.62. The van der Waals surface area contributed by atoms with Crippen LogP contribution in [0.3, 0.4) is 0 Å². The van der Waals surface area contributed by atoms with Gasteiger partial charge in [-0.1, -0.05) is 40.5 Å². The van der Waals surface area contributed by atoms with Gasteiger partial charge < -0.3 is 10.1 Å². The van der Waals surface area contributed by atoms with E-state index < -0.39 is 0 Å². The van der Waals surface area contributed by atoms with Gasteiger partial charge in [0.15, 0.2) is 0 Å². The third kappa shape index (κ3) is 1.80. The Morgan fingerprint density at radius 1 is 1.00 bits per heavy atom. The van der Waals surface area contributed by atoms with Gasteiger partial charge in [-0.05, 0) is 23.7 Å². The SMILES string of the molecule is COC1CCCCC1NC1C(C)(C)C1(C)C. The van der Waals surface area contributed by atoms with Gasteiger partial charge in [-0.15, -0.1) is 0 Å². The quantitative estimate of drug-likeness (QED) is 0.797. The topological polar surface area (TPSA) is 21.3 Å². The van der Waals surface area contributed by atoms with E-state index in [0.717, 1.165) is 0 Å². The molecule has 0 radical (unpaired) electrons. The molecule has 0 spiro atoms. The van der Waals surface area contributed by atoms with E-state index in [2.05, 4.69) is 33.0 Å².